The molecule has 27 heavy (non-hydrogen) atoms. The number of amides is 1. The van der Waals surface area contributed by atoms with Gasteiger partial charge in [0.1, 0.15) is 17.3 Å². The number of carbonyl (C=O) groups is 1. The Bertz CT molecular complexity index is 769. The molecule has 0 unspecified atom stereocenters. The van der Waals surface area contributed by atoms with Crippen molar-refractivity contribution < 1.29 is 9.18 Å². The maximum Gasteiger partial charge on any atom is 0.290 e. The first-order chi connectivity index (χ1) is 13.1. The van der Waals surface area contributed by atoms with Crippen molar-refractivity contribution >= 4 is 5.91 Å². The van der Waals surface area contributed by atoms with Gasteiger partial charge in [0.05, 0.1) is 0 Å². The van der Waals surface area contributed by atoms with Crippen molar-refractivity contribution in [1.29, 1.82) is 0 Å². The zero-order valence-corrected chi connectivity index (χ0v) is 15.9. The van der Waals surface area contributed by atoms with Crippen molar-refractivity contribution in [2.45, 2.75) is 26.2 Å². The number of para-hydroxylation sites is 1. The second-order valence-electron chi connectivity index (χ2n) is 7.01. The van der Waals surface area contributed by atoms with Gasteiger partial charge in [0.2, 0.25) is 5.82 Å². The number of halogens is 1. The van der Waals surface area contributed by atoms with E-state index >= 15 is 0 Å². The number of carbonyl (C=O) groups excluding carboxylic acids is 1. The molecule has 1 aliphatic rings. The summed E-state index contributed by atoms with van der Waals surface area (Å²) in [6.45, 7) is 9.52. The summed E-state index contributed by atoms with van der Waals surface area (Å²) in [4.78, 5) is 19.2. The minimum absolute atomic E-state index is 0.00590. The van der Waals surface area contributed by atoms with E-state index in [-0.39, 0.29) is 17.6 Å². The number of benzene rings is 1. The molecule has 0 aliphatic carbocycles. The number of hydrogen-bond donors (Lipinski definition) is 2. The molecule has 0 radical (unpaired) electrons. The Morgan fingerprint density at radius 2 is 2.04 bits per heavy atom. The van der Waals surface area contributed by atoms with E-state index in [1.807, 2.05) is 13.8 Å². The van der Waals surface area contributed by atoms with E-state index in [2.05, 4.69) is 25.6 Å². The second kappa shape index (κ2) is 9.05. The average molecular weight is 374 g/mol. The van der Waals surface area contributed by atoms with Crippen molar-refractivity contribution in [3.05, 3.63) is 41.7 Å². The van der Waals surface area contributed by atoms with Crippen LogP contribution in [0.4, 0.5) is 4.39 Å². The van der Waals surface area contributed by atoms with Gasteiger partial charge in [-0.3, -0.25) is 4.79 Å². The van der Waals surface area contributed by atoms with Gasteiger partial charge >= 0.3 is 0 Å². The molecule has 1 aromatic carbocycles. The molecular formula is C19H27FN6O. The minimum atomic E-state index is -0.396. The molecule has 2 heterocycles. The van der Waals surface area contributed by atoms with E-state index in [9.17, 15) is 9.18 Å². The quantitative estimate of drug-likeness (QED) is 0.720. The van der Waals surface area contributed by atoms with Crippen LogP contribution in [0.25, 0.3) is 5.69 Å². The third-order valence-electron chi connectivity index (χ3n) is 4.58. The number of nitrogens with one attached hydrogen (secondary N) is 2. The van der Waals surface area contributed by atoms with E-state index < -0.39 is 5.82 Å². The Morgan fingerprint density at radius 3 is 2.74 bits per heavy atom. The monoisotopic (exact) mass is 374 g/mol. The van der Waals surface area contributed by atoms with Crippen LogP contribution in [0.5, 0.6) is 0 Å². The molecule has 0 bridgehead atoms. The Morgan fingerprint density at radius 1 is 1.30 bits per heavy atom. The summed E-state index contributed by atoms with van der Waals surface area (Å²) < 4.78 is 15.6. The normalized spacial score (nSPS) is 15.3. The first kappa shape index (κ1) is 19.4. The van der Waals surface area contributed by atoms with Gasteiger partial charge < -0.3 is 15.5 Å². The summed E-state index contributed by atoms with van der Waals surface area (Å²) in [5, 5.41) is 10.5. The van der Waals surface area contributed by atoms with Crippen molar-refractivity contribution in [2.75, 3.05) is 39.3 Å². The predicted molar refractivity (Wildman–Crippen MR) is 102 cm³/mol. The van der Waals surface area contributed by atoms with Crippen LogP contribution in [0, 0.1) is 5.82 Å². The SMILES string of the molecule is CC(C)c1nc(C(=O)NCCCN2CCNCC2)nn1-c1ccccc1F. The Labute approximate surface area is 159 Å². The van der Waals surface area contributed by atoms with Crippen molar-refractivity contribution in [2.24, 2.45) is 0 Å². The third kappa shape index (κ3) is 4.90. The number of piperazine rings is 1. The van der Waals surface area contributed by atoms with Crippen LogP contribution in [0.3, 0.4) is 0 Å². The molecule has 1 aromatic heterocycles. The lowest BCUT2D eigenvalue weighted by atomic mass is 10.2. The topological polar surface area (TPSA) is 75.1 Å². The molecule has 1 aliphatic heterocycles. The number of nitrogens with zero attached hydrogens (tertiary/aromatic N) is 4. The molecule has 1 fully saturated rings. The highest BCUT2D eigenvalue weighted by Crippen LogP contribution is 2.19. The van der Waals surface area contributed by atoms with Gasteiger partial charge in [-0.2, -0.15) is 0 Å². The van der Waals surface area contributed by atoms with E-state index in [0.29, 0.717) is 18.1 Å². The lowest BCUT2D eigenvalue weighted by Gasteiger charge is -2.26. The first-order valence-electron chi connectivity index (χ1n) is 9.49. The molecule has 7 nitrogen and oxygen atoms in total. The minimum Gasteiger partial charge on any atom is -0.349 e. The van der Waals surface area contributed by atoms with E-state index in [4.69, 9.17) is 0 Å². The molecule has 146 valence electrons. The van der Waals surface area contributed by atoms with Gasteiger partial charge in [-0.1, -0.05) is 26.0 Å². The van der Waals surface area contributed by atoms with Crippen molar-refractivity contribution in [3.63, 3.8) is 0 Å². The van der Waals surface area contributed by atoms with Gasteiger partial charge in [0.15, 0.2) is 0 Å². The molecule has 1 saturated heterocycles. The standard InChI is InChI=1S/C19H27FN6O/c1-14(2)18-23-17(24-26(18)16-7-4-3-6-15(16)20)19(27)22-8-5-11-25-12-9-21-10-13-25/h3-4,6-7,14,21H,5,8-13H2,1-2H3,(H,22,27). The Kier molecular flexibility index (Phi) is 6.52. The highest BCUT2D eigenvalue weighted by atomic mass is 19.1. The second-order valence-corrected chi connectivity index (χ2v) is 7.01. The molecule has 0 spiro atoms. The Balaban J connectivity index is 1.63. The molecule has 8 heteroatoms. The summed E-state index contributed by atoms with van der Waals surface area (Å²) in [7, 11) is 0. The highest BCUT2D eigenvalue weighted by molar-refractivity contribution is 5.90. The smallest absolute Gasteiger partial charge is 0.290 e. The molecule has 0 saturated carbocycles. The van der Waals surface area contributed by atoms with Gasteiger partial charge in [-0.05, 0) is 25.1 Å². The average Bonchev–Trinajstić information content (AvgIpc) is 3.12. The van der Waals surface area contributed by atoms with Crippen molar-refractivity contribution in [1.82, 2.24) is 30.3 Å². The van der Waals surface area contributed by atoms with Gasteiger partial charge in [-0.15, -0.1) is 5.10 Å². The fourth-order valence-corrected chi connectivity index (χ4v) is 3.11. The highest BCUT2D eigenvalue weighted by Gasteiger charge is 2.20. The largest absolute Gasteiger partial charge is 0.349 e. The zero-order chi connectivity index (χ0) is 19.2. The van der Waals surface area contributed by atoms with E-state index in [1.54, 1.807) is 18.2 Å². The van der Waals surface area contributed by atoms with Gasteiger partial charge in [0.25, 0.3) is 5.91 Å². The van der Waals surface area contributed by atoms with Crippen LogP contribution >= 0.6 is 0 Å². The van der Waals surface area contributed by atoms with Crippen molar-refractivity contribution in [3.8, 4) is 5.69 Å². The summed E-state index contributed by atoms with van der Waals surface area (Å²) in [5.74, 6) is -0.0823. The number of rotatable bonds is 7. The lowest BCUT2D eigenvalue weighted by Crippen LogP contribution is -2.44. The predicted octanol–water partition coefficient (Wildman–Crippen LogP) is 1.55. The molecule has 2 aromatic rings. The van der Waals surface area contributed by atoms with E-state index in [0.717, 1.165) is 39.1 Å². The van der Waals surface area contributed by atoms with Crippen LogP contribution in [0.1, 0.15) is 42.6 Å². The summed E-state index contributed by atoms with van der Waals surface area (Å²) in [5.41, 5.74) is 0.298. The van der Waals surface area contributed by atoms with Crippen LogP contribution in [-0.4, -0.2) is 64.8 Å². The lowest BCUT2D eigenvalue weighted by molar-refractivity contribution is 0.0941. The number of aromatic nitrogens is 3. The molecule has 0 atom stereocenters. The summed E-state index contributed by atoms with van der Waals surface area (Å²) in [6, 6.07) is 6.36. The van der Waals surface area contributed by atoms with Gasteiger partial charge in [0, 0.05) is 38.6 Å². The Hall–Kier alpha value is -2.32. The molecule has 2 N–H and O–H groups in total. The summed E-state index contributed by atoms with van der Waals surface area (Å²) >= 11 is 0. The van der Waals surface area contributed by atoms with Crippen LogP contribution in [0.15, 0.2) is 24.3 Å². The van der Waals surface area contributed by atoms with Crippen LogP contribution in [-0.2, 0) is 0 Å². The number of hydrogen-bond acceptors (Lipinski definition) is 5. The molecule has 3 rings (SSSR count). The fraction of sp³-hybridized carbons (Fsp3) is 0.526. The summed E-state index contributed by atoms with van der Waals surface area (Å²) in [6.07, 6.45) is 0.872. The maximum absolute atomic E-state index is 14.2. The van der Waals surface area contributed by atoms with Crippen LogP contribution < -0.4 is 10.6 Å². The van der Waals surface area contributed by atoms with E-state index in [1.165, 1.54) is 10.7 Å². The molecular weight excluding hydrogens is 347 g/mol. The maximum atomic E-state index is 14.2. The fourth-order valence-electron chi connectivity index (χ4n) is 3.11. The zero-order valence-electron chi connectivity index (χ0n) is 15.9. The van der Waals surface area contributed by atoms with Crippen LogP contribution in [0.2, 0.25) is 0 Å². The van der Waals surface area contributed by atoms with Gasteiger partial charge in [-0.25, -0.2) is 14.1 Å². The molecule has 1 amide bonds. The first-order valence-corrected chi connectivity index (χ1v) is 9.49. The third-order valence-corrected chi connectivity index (χ3v) is 4.58.